The van der Waals surface area contributed by atoms with Gasteiger partial charge in [0, 0.05) is 13.0 Å². The minimum atomic E-state index is -0.145. The molecule has 0 saturated carbocycles. The van der Waals surface area contributed by atoms with Crippen LogP contribution in [0.5, 0.6) is 0 Å². The maximum Gasteiger partial charge on any atom is 0.158 e. The first-order valence-corrected chi connectivity index (χ1v) is 6.09. The molecular formula is C15H20O2. The lowest BCUT2D eigenvalue weighted by Gasteiger charge is -2.17. The summed E-state index contributed by atoms with van der Waals surface area (Å²) in [6.45, 7) is 6.31. The molecule has 1 unspecified atom stereocenters. The zero-order chi connectivity index (χ0) is 12.5. The molecule has 92 valence electrons. The molecule has 0 aromatic heterocycles. The van der Waals surface area contributed by atoms with Crippen molar-refractivity contribution >= 4 is 5.78 Å². The zero-order valence-corrected chi connectivity index (χ0v) is 10.4. The summed E-state index contributed by atoms with van der Waals surface area (Å²) in [5, 5.41) is 0. The van der Waals surface area contributed by atoms with E-state index in [1.54, 1.807) is 0 Å². The standard InChI is InChI=1S/C15H20O2/c1-3-5-11-17-15(12-14(16)4-2)13-9-7-6-8-10-13/h4,6-10,15H,2-3,5,11-12H2,1H3. The molecule has 2 nitrogen and oxygen atoms in total. The Morgan fingerprint density at radius 3 is 2.71 bits per heavy atom. The van der Waals surface area contributed by atoms with Gasteiger partial charge in [0.15, 0.2) is 5.78 Å². The maximum atomic E-state index is 11.4. The Bertz CT molecular complexity index is 343. The fraction of sp³-hybridized carbons (Fsp3) is 0.400. The van der Waals surface area contributed by atoms with Crippen molar-refractivity contribution < 1.29 is 9.53 Å². The minimum absolute atomic E-state index is 0.0235. The monoisotopic (exact) mass is 232 g/mol. The minimum Gasteiger partial charge on any atom is -0.373 e. The van der Waals surface area contributed by atoms with Crippen LogP contribution in [0.15, 0.2) is 43.0 Å². The van der Waals surface area contributed by atoms with Crippen molar-refractivity contribution in [2.24, 2.45) is 0 Å². The molecule has 0 saturated heterocycles. The van der Waals surface area contributed by atoms with Gasteiger partial charge in [-0.3, -0.25) is 4.79 Å². The van der Waals surface area contributed by atoms with Crippen molar-refractivity contribution in [1.29, 1.82) is 0 Å². The van der Waals surface area contributed by atoms with Crippen LogP contribution >= 0.6 is 0 Å². The molecule has 0 amide bonds. The van der Waals surface area contributed by atoms with E-state index in [0.717, 1.165) is 18.4 Å². The number of ketones is 1. The number of rotatable bonds is 8. The van der Waals surface area contributed by atoms with Crippen molar-refractivity contribution in [3.8, 4) is 0 Å². The fourth-order valence-electron chi connectivity index (χ4n) is 1.58. The molecule has 2 heteroatoms. The van der Waals surface area contributed by atoms with E-state index < -0.39 is 0 Å². The molecular weight excluding hydrogens is 212 g/mol. The number of hydrogen-bond donors (Lipinski definition) is 0. The van der Waals surface area contributed by atoms with Crippen molar-refractivity contribution in [2.45, 2.75) is 32.3 Å². The number of carbonyl (C=O) groups excluding carboxylic acids is 1. The van der Waals surface area contributed by atoms with Crippen LogP contribution < -0.4 is 0 Å². The lowest BCUT2D eigenvalue weighted by atomic mass is 10.0. The number of hydrogen-bond acceptors (Lipinski definition) is 2. The number of benzene rings is 1. The van der Waals surface area contributed by atoms with Crippen LogP contribution in [0.2, 0.25) is 0 Å². The number of unbranched alkanes of at least 4 members (excludes halogenated alkanes) is 1. The van der Waals surface area contributed by atoms with Crippen LogP contribution in [-0.4, -0.2) is 12.4 Å². The zero-order valence-electron chi connectivity index (χ0n) is 10.4. The maximum absolute atomic E-state index is 11.4. The molecule has 0 radical (unpaired) electrons. The van der Waals surface area contributed by atoms with E-state index in [2.05, 4.69) is 13.5 Å². The molecule has 1 aromatic rings. The molecule has 0 aliphatic heterocycles. The quantitative estimate of drug-likeness (QED) is 0.504. The van der Waals surface area contributed by atoms with E-state index in [0.29, 0.717) is 13.0 Å². The van der Waals surface area contributed by atoms with Gasteiger partial charge < -0.3 is 4.74 Å². The highest BCUT2D eigenvalue weighted by atomic mass is 16.5. The van der Waals surface area contributed by atoms with Crippen molar-refractivity contribution in [3.05, 3.63) is 48.6 Å². The van der Waals surface area contributed by atoms with E-state index in [9.17, 15) is 4.79 Å². The fourth-order valence-corrected chi connectivity index (χ4v) is 1.58. The van der Waals surface area contributed by atoms with Gasteiger partial charge in [0.05, 0.1) is 6.10 Å². The summed E-state index contributed by atoms with van der Waals surface area (Å²) in [4.78, 5) is 11.4. The van der Waals surface area contributed by atoms with E-state index in [1.165, 1.54) is 6.08 Å². The molecule has 0 aliphatic rings. The second-order valence-electron chi connectivity index (χ2n) is 4.00. The van der Waals surface area contributed by atoms with Gasteiger partial charge in [-0.2, -0.15) is 0 Å². The van der Waals surface area contributed by atoms with E-state index in [-0.39, 0.29) is 11.9 Å². The van der Waals surface area contributed by atoms with Gasteiger partial charge in [-0.1, -0.05) is 50.3 Å². The lowest BCUT2D eigenvalue weighted by molar-refractivity contribution is -0.117. The van der Waals surface area contributed by atoms with Crippen LogP contribution in [0, 0.1) is 0 Å². The summed E-state index contributed by atoms with van der Waals surface area (Å²) in [7, 11) is 0. The van der Waals surface area contributed by atoms with Crippen LogP contribution in [0.3, 0.4) is 0 Å². The molecule has 0 spiro atoms. The Balaban J connectivity index is 2.65. The third kappa shape index (κ3) is 4.96. The molecule has 0 heterocycles. The first-order valence-electron chi connectivity index (χ1n) is 6.09. The predicted molar refractivity (Wildman–Crippen MR) is 69.9 cm³/mol. The summed E-state index contributed by atoms with van der Waals surface area (Å²) in [5.74, 6) is 0.0235. The highest BCUT2D eigenvalue weighted by Crippen LogP contribution is 2.21. The molecule has 17 heavy (non-hydrogen) atoms. The first-order chi connectivity index (χ1) is 8.27. The largest absolute Gasteiger partial charge is 0.373 e. The average Bonchev–Trinajstić information content (AvgIpc) is 2.38. The van der Waals surface area contributed by atoms with Crippen LogP contribution in [0.1, 0.15) is 37.9 Å². The molecule has 0 fully saturated rings. The van der Waals surface area contributed by atoms with E-state index in [4.69, 9.17) is 4.74 Å². The molecule has 1 atom stereocenters. The summed E-state index contributed by atoms with van der Waals surface area (Å²) in [6.07, 6.45) is 3.70. The van der Waals surface area contributed by atoms with Gasteiger partial charge in [0.1, 0.15) is 0 Å². The Morgan fingerprint density at radius 2 is 2.12 bits per heavy atom. The molecule has 0 N–H and O–H groups in total. The van der Waals surface area contributed by atoms with Crippen LogP contribution in [-0.2, 0) is 9.53 Å². The average molecular weight is 232 g/mol. The molecule has 1 rings (SSSR count). The Labute approximate surface area is 103 Å². The SMILES string of the molecule is C=CC(=O)CC(OCCCC)c1ccccc1. The van der Waals surface area contributed by atoms with Crippen molar-refractivity contribution in [1.82, 2.24) is 0 Å². The van der Waals surface area contributed by atoms with Crippen LogP contribution in [0.4, 0.5) is 0 Å². The summed E-state index contributed by atoms with van der Waals surface area (Å²) >= 11 is 0. The summed E-state index contributed by atoms with van der Waals surface area (Å²) in [5.41, 5.74) is 1.05. The van der Waals surface area contributed by atoms with Gasteiger partial charge in [0.25, 0.3) is 0 Å². The highest BCUT2D eigenvalue weighted by Gasteiger charge is 2.14. The van der Waals surface area contributed by atoms with Gasteiger partial charge in [-0.25, -0.2) is 0 Å². The lowest BCUT2D eigenvalue weighted by Crippen LogP contribution is -2.10. The van der Waals surface area contributed by atoms with Crippen LogP contribution in [0.25, 0.3) is 0 Å². The molecule has 0 aliphatic carbocycles. The van der Waals surface area contributed by atoms with Gasteiger partial charge in [-0.05, 0) is 18.1 Å². The van der Waals surface area contributed by atoms with Crippen molar-refractivity contribution in [2.75, 3.05) is 6.61 Å². The van der Waals surface area contributed by atoms with E-state index >= 15 is 0 Å². The van der Waals surface area contributed by atoms with Crippen molar-refractivity contribution in [3.63, 3.8) is 0 Å². The van der Waals surface area contributed by atoms with Gasteiger partial charge in [-0.15, -0.1) is 0 Å². The molecule has 0 bridgehead atoms. The third-order valence-corrected chi connectivity index (χ3v) is 2.60. The second kappa shape index (κ2) is 7.80. The first kappa shape index (κ1) is 13.7. The summed E-state index contributed by atoms with van der Waals surface area (Å²) < 4.78 is 5.77. The Morgan fingerprint density at radius 1 is 1.41 bits per heavy atom. The second-order valence-corrected chi connectivity index (χ2v) is 4.00. The van der Waals surface area contributed by atoms with E-state index in [1.807, 2.05) is 30.3 Å². The predicted octanol–water partition coefficient (Wildman–Crippen LogP) is 3.69. The normalized spacial score (nSPS) is 12.1. The Hall–Kier alpha value is -1.41. The number of ether oxygens (including phenoxy) is 1. The summed E-state index contributed by atoms with van der Waals surface area (Å²) in [6, 6.07) is 9.87. The van der Waals surface area contributed by atoms with Gasteiger partial charge in [0.2, 0.25) is 0 Å². The highest BCUT2D eigenvalue weighted by molar-refractivity contribution is 5.89. The molecule has 1 aromatic carbocycles. The number of carbonyl (C=O) groups is 1. The van der Waals surface area contributed by atoms with Gasteiger partial charge >= 0.3 is 0 Å². The Kier molecular flexibility index (Phi) is 6.26. The topological polar surface area (TPSA) is 26.3 Å². The number of allylic oxidation sites excluding steroid dienone is 1. The third-order valence-electron chi connectivity index (χ3n) is 2.60. The smallest absolute Gasteiger partial charge is 0.158 e.